The van der Waals surface area contributed by atoms with E-state index < -0.39 is 0 Å². The number of benzene rings is 2. The van der Waals surface area contributed by atoms with Crippen molar-refractivity contribution < 1.29 is 18.7 Å². The van der Waals surface area contributed by atoms with Gasteiger partial charge in [-0.3, -0.25) is 0 Å². The molecule has 42 heavy (non-hydrogen) atoms. The van der Waals surface area contributed by atoms with Crippen LogP contribution in [0.1, 0.15) is 65.5 Å². The van der Waals surface area contributed by atoms with Crippen molar-refractivity contribution in [3.63, 3.8) is 0 Å². The first kappa shape index (κ1) is 43.4. The number of thiazole rings is 1. The smallest absolute Gasteiger partial charge is 0.140 e. The standard InChI is InChI=1S/C27H27ClFNOS.2C2H6.CH3Cl.2CH2O/c1-4-6-19(3)17-24(15-16-28)31-18-25-30-26(21-11-13-23(29)14-12-21)27(32-25)22-9-7-20(5-2)8-10-22;5*1-2/h6-17H,4-5,18H2,1-3H3;2*1-2H3;1H3;2*1H2/b16-15+,19-6-,24-17+;;;;;. The van der Waals surface area contributed by atoms with Crippen molar-refractivity contribution in [2.75, 3.05) is 6.38 Å². The Balaban J connectivity index is -0.00000137. The van der Waals surface area contributed by atoms with Crippen LogP contribution in [0.5, 0.6) is 0 Å². The molecule has 1 heterocycles. The van der Waals surface area contributed by atoms with Gasteiger partial charge in [0.1, 0.15) is 36.8 Å². The SMILES string of the molecule is C=O.C=O.CC.CC.CC\C=C(C)/C=C(\C=C\Cl)OCc1nc(-c2ccc(F)cc2)c(-c2ccc(CC)cc2)s1.CCl. The Morgan fingerprint density at radius 2 is 1.45 bits per heavy atom. The van der Waals surface area contributed by atoms with Gasteiger partial charge in [-0.25, -0.2) is 9.37 Å². The molecule has 0 saturated heterocycles. The van der Waals surface area contributed by atoms with Crippen LogP contribution in [0.25, 0.3) is 21.7 Å². The van der Waals surface area contributed by atoms with Gasteiger partial charge in [0.15, 0.2) is 0 Å². The lowest BCUT2D eigenvalue weighted by Crippen LogP contribution is -1.92. The van der Waals surface area contributed by atoms with Crippen LogP contribution in [0.2, 0.25) is 0 Å². The zero-order valence-corrected chi connectivity index (χ0v) is 28.5. The fourth-order valence-corrected chi connectivity index (χ4v) is 4.40. The van der Waals surface area contributed by atoms with Gasteiger partial charge in [0.25, 0.3) is 0 Å². The van der Waals surface area contributed by atoms with Crippen molar-refractivity contribution in [3.8, 4) is 21.7 Å². The Kier molecular flexibility index (Phi) is 30.4. The highest BCUT2D eigenvalue weighted by atomic mass is 35.5. The monoisotopic (exact) mass is 637 g/mol. The van der Waals surface area contributed by atoms with Crippen LogP contribution in [0.3, 0.4) is 0 Å². The molecule has 0 aliphatic heterocycles. The molecule has 232 valence electrons. The molecular weight excluding hydrogens is 592 g/mol. The highest BCUT2D eigenvalue weighted by Crippen LogP contribution is 2.37. The number of rotatable bonds is 9. The lowest BCUT2D eigenvalue weighted by Gasteiger charge is -2.05. The highest BCUT2D eigenvalue weighted by Gasteiger charge is 2.16. The molecule has 0 radical (unpaired) electrons. The molecular formula is C34H46Cl2FNO3S. The topological polar surface area (TPSA) is 56.3 Å². The molecule has 0 unspecified atom stereocenters. The van der Waals surface area contributed by atoms with Crippen LogP contribution >= 0.6 is 34.5 Å². The first-order valence-electron chi connectivity index (χ1n) is 13.6. The number of allylic oxidation sites excluding steroid dienone is 4. The highest BCUT2D eigenvalue weighted by molar-refractivity contribution is 7.15. The van der Waals surface area contributed by atoms with Gasteiger partial charge in [0.2, 0.25) is 0 Å². The quantitative estimate of drug-likeness (QED) is 0.133. The van der Waals surface area contributed by atoms with Crippen molar-refractivity contribution in [2.24, 2.45) is 0 Å². The van der Waals surface area contributed by atoms with Gasteiger partial charge in [-0.15, -0.1) is 22.9 Å². The summed E-state index contributed by atoms with van der Waals surface area (Å²) in [5.41, 5.74) is 6.63. The number of hydrogen-bond acceptors (Lipinski definition) is 5. The summed E-state index contributed by atoms with van der Waals surface area (Å²) in [5, 5.41) is 0.838. The molecule has 4 nitrogen and oxygen atoms in total. The zero-order valence-electron chi connectivity index (χ0n) is 26.2. The second-order valence-corrected chi connectivity index (χ2v) is 8.66. The summed E-state index contributed by atoms with van der Waals surface area (Å²) in [7, 11) is 0. The number of alkyl halides is 1. The predicted octanol–water partition coefficient (Wildman–Crippen LogP) is 11.2. The van der Waals surface area contributed by atoms with Crippen LogP contribution in [0, 0.1) is 5.82 Å². The van der Waals surface area contributed by atoms with Gasteiger partial charge in [-0.2, -0.15) is 0 Å². The number of carbonyl (C=O) groups excluding carboxylic acids is 2. The van der Waals surface area contributed by atoms with Gasteiger partial charge >= 0.3 is 0 Å². The normalized spacial score (nSPS) is 10.2. The molecule has 3 rings (SSSR count). The molecule has 0 N–H and O–H groups in total. The number of halogens is 3. The van der Waals surface area contributed by atoms with E-state index in [-0.39, 0.29) is 5.82 Å². The summed E-state index contributed by atoms with van der Waals surface area (Å²) < 4.78 is 19.5. The van der Waals surface area contributed by atoms with Crippen molar-refractivity contribution in [2.45, 2.75) is 67.9 Å². The second kappa shape index (κ2) is 29.4. The molecule has 2 aromatic carbocycles. The first-order valence-corrected chi connectivity index (χ1v) is 15.6. The lowest BCUT2D eigenvalue weighted by atomic mass is 10.0. The van der Waals surface area contributed by atoms with Crippen LogP contribution in [-0.4, -0.2) is 24.9 Å². The number of nitrogens with zero attached hydrogens (tertiary/aromatic N) is 1. The maximum absolute atomic E-state index is 13.5. The average Bonchev–Trinajstić information content (AvgIpc) is 3.49. The van der Waals surface area contributed by atoms with Crippen molar-refractivity contribution >= 4 is 48.1 Å². The third kappa shape index (κ3) is 16.4. The first-order chi connectivity index (χ1) is 20.5. The summed E-state index contributed by atoms with van der Waals surface area (Å²) in [6.07, 6.45) is 9.23. The van der Waals surface area contributed by atoms with E-state index in [4.69, 9.17) is 30.9 Å². The Morgan fingerprint density at radius 3 is 1.93 bits per heavy atom. The third-order valence-corrected chi connectivity index (χ3v) is 6.10. The number of hydrogen-bond donors (Lipinski definition) is 0. The minimum Gasteiger partial charge on any atom is -0.486 e. The number of ether oxygens (including phenoxy) is 1. The van der Waals surface area contributed by atoms with E-state index in [0.29, 0.717) is 12.4 Å². The van der Waals surface area contributed by atoms with Crippen molar-refractivity contribution in [3.05, 3.63) is 100 Å². The lowest BCUT2D eigenvalue weighted by molar-refractivity contribution is -0.0987. The predicted molar refractivity (Wildman–Crippen MR) is 183 cm³/mol. The van der Waals surface area contributed by atoms with Crippen molar-refractivity contribution in [1.82, 2.24) is 4.98 Å². The summed E-state index contributed by atoms with van der Waals surface area (Å²) in [5.74, 6) is 0.411. The summed E-state index contributed by atoms with van der Waals surface area (Å²) in [6, 6.07) is 14.9. The van der Waals surface area contributed by atoms with Crippen LogP contribution < -0.4 is 0 Å². The molecule has 1 aromatic heterocycles. The summed E-state index contributed by atoms with van der Waals surface area (Å²) in [4.78, 5) is 21.9. The second-order valence-electron chi connectivity index (χ2n) is 7.33. The zero-order chi connectivity index (χ0) is 32.9. The fourth-order valence-electron chi connectivity index (χ4n) is 3.27. The molecule has 0 fully saturated rings. The largest absolute Gasteiger partial charge is 0.486 e. The molecule has 3 aromatic rings. The third-order valence-electron chi connectivity index (χ3n) is 4.90. The molecule has 0 saturated carbocycles. The van der Waals surface area contributed by atoms with E-state index in [1.807, 2.05) is 54.3 Å². The van der Waals surface area contributed by atoms with Crippen LogP contribution in [-0.2, 0) is 27.4 Å². The Labute approximate surface area is 267 Å². The van der Waals surface area contributed by atoms with Crippen LogP contribution in [0.4, 0.5) is 4.39 Å². The van der Waals surface area contributed by atoms with Crippen LogP contribution in [0.15, 0.2) is 83.6 Å². The van der Waals surface area contributed by atoms with Gasteiger partial charge in [0, 0.05) is 17.5 Å². The molecule has 0 aliphatic rings. The van der Waals surface area contributed by atoms with E-state index >= 15 is 0 Å². The van der Waals surface area contributed by atoms with Gasteiger partial charge in [0.05, 0.1) is 10.6 Å². The average molecular weight is 639 g/mol. The van der Waals surface area contributed by atoms with E-state index in [9.17, 15) is 4.39 Å². The van der Waals surface area contributed by atoms with Gasteiger partial charge in [-0.1, -0.05) is 89.1 Å². The molecule has 0 aliphatic carbocycles. The molecule has 0 atom stereocenters. The summed E-state index contributed by atoms with van der Waals surface area (Å²) >= 11 is 12.0. The number of aromatic nitrogens is 1. The maximum atomic E-state index is 13.5. The molecule has 8 heteroatoms. The van der Waals surface area contributed by atoms with E-state index in [2.05, 4.69) is 55.8 Å². The summed E-state index contributed by atoms with van der Waals surface area (Å²) in [6.45, 7) is 18.6. The van der Waals surface area contributed by atoms with E-state index in [0.717, 1.165) is 45.1 Å². The number of aryl methyl sites for hydroxylation is 1. The van der Waals surface area contributed by atoms with Gasteiger partial charge in [-0.05, 0) is 67.3 Å². The minimum absolute atomic E-state index is 0.264. The molecule has 0 spiro atoms. The molecule has 0 amide bonds. The Morgan fingerprint density at radius 1 is 0.929 bits per heavy atom. The Hall–Kier alpha value is -3.06. The van der Waals surface area contributed by atoms with E-state index in [1.165, 1.54) is 29.6 Å². The van der Waals surface area contributed by atoms with Crippen molar-refractivity contribution in [1.29, 1.82) is 0 Å². The Bertz CT molecular complexity index is 1160. The minimum atomic E-state index is -0.264. The molecule has 0 bridgehead atoms. The van der Waals surface area contributed by atoms with E-state index in [1.54, 1.807) is 29.5 Å². The van der Waals surface area contributed by atoms with Gasteiger partial charge < -0.3 is 14.3 Å². The number of carbonyl (C=O) groups is 2. The maximum Gasteiger partial charge on any atom is 0.140 e. The fraction of sp³-hybridized carbons (Fsp3) is 0.324.